The van der Waals surface area contributed by atoms with E-state index in [-0.39, 0.29) is 6.10 Å². The molecule has 0 bridgehead atoms. The van der Waals surface area contributed by atoms with Gasteiger partial charge in [0.25, 0.3) is 0 Å². The first-order chi connectivity index (χ1) is 10.7. The molecule has 1 aliphatic rings. The van der Waals surface area contributed by atoms with Crippen molar-refractivity contribution in [2.75, 3.05) is 19.7 Å². The summed E-state index contributed by atoms with van der Waals surface area (Å²) in [5.74, 6) is 0.781. The molecule has 2 aromatic carbocycles. The number of ether oxygens (including phenoxy) is 2. The zero-order valence-corrected chi connectivity index (χ0v) is 13.5. The molecule has 0 spiro atoms. The van der Waals surface area contributed by atoms with Gasteiger partial charge in [-0.3, -0.25) is 0 Å². The van der Waals surface area contributed by atoms with Crippen molar-refractivity contribution in [3.8, 4) is 5.75 Å². The lowest BCUT2D eigenvalue weighted by molar-refractivity contribution is 0.0277. The van der Waals surface area contributed by atoms with Crippen molar-refractivity contribution in [3.63, 3.8) is 0 Å². The van der Waals surface area contributed by atoms with Crippen molar-refractivity contribution in [2.24, 2.45) is 0 Å². The van der Waals surface area contributed by atoms with Crippen molar-refractivity contribution in [1.29, 1.82) is 0 Å². The predicted octanol–water partition coefficient (Wildman–Crippen LogP) is 4.23. The molecule has 0 saturated carbocycles. The molecule has 0 aromatic heterocycles. The smallest absolute Gasteiger partial charge is 0.119 e. The maximum atomic E-state index is 6.13. The summed E-state index contributed by atoms with van der Waals surface area (Å²) >= 11 is 12.3. The first kappa shape index (κ1) is 15.6. The van der Waals surface area contributed by atoms with Crippen LogP contribution < -0.4 is 10.1 Å². The van der Waals surface area contributed by atoms with Gasteiger partial charge in [-0.15, -0.1) is 0 Å². The highest BCUT2D eigenvalue weighted by Crippen LogP contribution is 2.27. The minimum Gasteiger partial charge on any atom is -0.489 e. The second kappa shape index (κ2) is 7.34. The van der Waals surface area contributed by atoms with Crippen LogP contribution in [0.3, 0.4) is 0 Å². The summed E-state index contributed by atoms with van der Waals surface area (Å²) in [6.45, 7) is 2.85. The molecule has 0 radical (unpaired) electrons. The van der Waals surface area contributed by atoms with E-state index in [0.717, 1.165) is 36.6 Å². The van der Waals surface area contributed by atoms with Gasteiger partial charge in [-0.2, -0.15) is 0 Å². The molecule has 0 unspecified atom stereocenters. The number of benzene rings is 2. The monoisotopic (exact) mass is 337 g/mol. The van der Waals surface area contributed by atoms with Gasteiger partial charge in [-0.1, -0.05) is 41.4 Å². The van der Waals surface area contributed by atoms with Gasteiger partial charge in [0.05, 0.1) is 12.7 Å². The Hall–Kier alpha value is -1.26. The van der Waals surface area contributed by atoms with Crippen LogP contribution in [0.25, 0.3) is 0 Å². The fourth-order valence-corrected chi connectivity index (χ4v) is 2.89. The average molecular weight is 338 g/mol. The number of hydrogen-bond acceptors (Lipinski definition) is 3. The Kier molecular flexibility index (Phi) is 5.21. The van der Waals surface area contributed by atoms with E-state index in [2.05, 4.69) is 5.32 Å². The molecule has 22 heavy (non-hydrogen) atoms. The molecule has 0 aliphatic carbocycles. The van der Waals surface area contributed by atoms with Crippen LogP contribution in [0.2, 0.25) is 10.0 Å². The zero-order valence-electron chi connectivity index (χ0n) is 12.0. The van der Waals surface area contributed by atoms with E-state index in [1.165, 1.54) is 0 Å². The summed E-state index contributed by atoms with van der Waals surface area (Å²) in [7, 11) is 0. The number of hydrogen-bond donors (Lipinski definition) is 1. The molecule has 2 aromatic rings. The van der Waals surface area contributed by atoms with E-state index in [1.54, 1.807) is 0 Å². The summed E-state index contributed by atoms with van der Waals surface area (Å²) < 4.78 is 11.5. The molecule has 3 nitrogen and oxygen atoms in total. The lowest BCUT2D eigenvalue weighted by Crippen LogP contribution is -2.33. The number of halogens is 2. The zero-order chi connectivity index (χ0) is 15.4. The van der Waals surface area contributed by atoms with Crippen molar-refractivity contribution in [1.82, 2.24) is 5.32 Å². The SMILES string of the molecule is Clc1cccc(Cl)c1COc1ccc([C@@H]2CNCCO2)cc1. The van der Waals surface area contributed by atoms with Crippen molar-refractivity contribution < 1.29 is 9.47 Å². The molecule has 1 saturated heterocycles. The lowest BCUT2D eigenvalue weighted by Gasteiger charge is -2.24. The van der Waals surface area contributed by atoms with Gasteiger partial charge in [0, 0.05) is 28.7 Å². The number of rotatable bonds is 4. The standard InChI is InChI=1S/C17H17Cl2NO2/c18-15-2-1-3-16(19)14(15)11-22-13-6-4-12(5-7-13)17-10-20-8-9-21-17/h1-7,17,20H,8-11H2/t17-/m0/s1. The maximum Gasteiger partial charge on any atom is 0.119 e. The van der Waals surface area contributed by atoms with E-state index < -0.39 is 0 Å². The Labute approximate surface area is 140 Å². The Balaban J connectivity index is 1.64. The third-order valence-corrected chi connectivity index (χ3v) is 4.33. The van der Waals surface area contributed by atoms with Gasteiger partial charge in [0.2, 0.25) is 0 Å². The van der Waals surface area contributed by atoms with Gasteiger partial charge < -0.3 is 14.8 Å². The minimum absolute atomic E-state index is 0.112. The molecule has 1 fully saturated rings. The summed E-state index contributed by atoms with van der Waals surface area (Å²) in [5.41, 5.74) is 1.95. The molecule has 0 amide bonds. The molecule has 5 heteroatoms. The Morgan fingerprint density at radius 3 is 2.45 bits per heavy atom. The average Bonchev–Trinajstić information content (AvgIpc) is 2.56. The van der Waals surface area contributed by atoms with Crippen LogP contribution in [-0.4, -0.2) is 19.7 Å². The number of morpholine rings is 1. The van der Waals surface area contributed by atoms with E-state index in [4.69, 9.17) is 32.7 Å². The fourth-order valence-electron chi connectivity index (χ4n) is 2.38. The van der Waals surface area contributed by atoms with Gasteiger partial charge in [-0.05, 0) is 29.8 Å². The second-order valence-corrected chi connectivity index (χ2v) is 5.94. The summed E-state index contributed by atoms with van der Waals surface area (Å²) in [6.07, 6.45) is 0.112. The first-order valence-electron chi connectivity index (χ1n) is 7.22. The van der Waals surface area contributed by atoms with E-state index in [9.17, 15) is 0 Å². The van der Waals surface area contributed by atoms with Crippen LogP contribution in [0.1, 0.15) is 17.2 Å². The molecule has 1 N–H and O–H groups in total. The highest BCUT2D eigenvalue weighted by Gasteiger charge is 2.15. The Morgan fingerprint density at radius 1 is 1.09 bits per heavy atom. The second-order valence-electron chi connectivity index (χ2n) is 5.12. The third-order valence-electron chi connectivity index (χ3n) is 3.62. The van der Waals surface area contributed by atoms with E-state index >= 15 is 0 Å². The van der Waals surface area contributed by atoms with Crippen LogP contribution in [-0.2, 0) is 11.3 Å². The van der Waals surface area contributed by atoms with Crippen molar-refractivity contribution in [2.45, 2.75) is 12.7 Å². The normalized spacial score (nSPS) is 18.2. The van der Waals surface area contributed by atoms with Crippen molar-refractivity contribution >= 4 is 23.2 Å². The topological polar surface area (TPSA) is 30.5 Å². The van der Waals surface area contributed by atoms with E-state index in [0.29, 0.717) is 16.7 Å². The maximum absolute atomic E-state index is 6.13. The van der Waals surface area contributed by atoms with Gasteiger partial charge in [0.1, 0.15) is 12.4 Å². The molecule has 1 aliphatic heterocycles. The Morgan fingerprint density at radius 2 is 1.82 bits per heavy atom. The third kappa shape index (κ3) is 3.73. The molecule has 3 rings (SSSR count). The van der Waals surface area contributed by atoms with E-state index in [1.807, 2.05) is 42.5 Å². The summed E-state index contributed by atoms with van der Waals surface area (Å²) in [4.78, 5) is 0. The fraction of sp³-hybridized carbons (Fsp3) is 0.294. The van der Waals surface area contributed by atoms with Crippen molar-refractivity contribution in [3.05, 3.63) is 63.6 Å². The largest absolute Gasteiger partial charge is 0.489 e. The van der Waals surface area contributed by atoms with Gasteiger partial charge in [0.15, 0.2) is 0 Å². The lowest BCUT2D eigenvalue weighted by atomic mass is 10.1. The highest BCUT2D eigenvalue weighted by atomic mass is 35.5. The Bertz CT molecular complexity index is 605. The quantitative estimate of drug-likeness (QED) is 0.905. The highest BCUT2D eigenvalue weighted by molar-refractivity contribution is 6.35. The summed E-state index contributed by atoms with van der Waals surface area (Å²) in [6, 6.07) is 13.4. The van der Waals surface area contributed by atoms with Gasteiger partial charge in [-0.25, -0.2) is 0 Å². The molecular weight excluding hydrogens is 321 g/mol. The van der Waals surface area contributed by atoms with Crippen LogP contribution >= 0.6 is 23.2 Å². The van der Waals surface area contributed by atoms with Crippen LogP contribution in [0.15, 0.2) is 42.5 Å². The molecular formula is C17H17Cl2NO2. The molecule has 1 atom stereocenters. The van der Waals surface area contributed by atoms with Gasteiger partial charge >= 0.3 is 0 Å². The molecule has 1 heterocycles. The summed E-state index contributed by atoms with van der Waals surface area (Å²) in [5, 5.41) is 4.55. The number of nitrogens with one attached hydrogen (secondary N) is 1. The predicted molar refractivity (Wildman–Crippen MR) is 88.8 cm³/mol. The molecule has 116 valence electrons. The van der Waals surface area contributed by atoms with Crippen LogP contribution in [0.4, 0.5) is 0 Å². The minimum atomic E-state index is 0.112. The van der Waals surface area contributed by atoms with Crippen LogP contribution in [0.5, 0.6) is 5.75 Å². The van der Waals surface area contributed by atoms with Crippen LogP contribution in [0, 0.1) is 0 Å². The first-order valence-corrected chi connectivity index (χ1v) is 7.97.